The average molecular weight is 256 g/mol. The number of hydrogen-bond acceptors (Lipinski definition) is 3. The normalized spacial score (nSPS) is 29.6. The molecule has 0 aromatic rings. The fraction of sp³-hybridized carbons (Fsp3) is 1.00. The van der Waals surface area contributed by atoms with Gasteiger partial charge < -0.3 is 10.2 Å². The van der Waals surface area contributed by atoms with Crippen LogP contribution in [0.2, 0.25) is 0 Å². The van der Waals surface area contributed by atoms with Crippen LogP contribution in [0.1, 0.15) is 45.4 Å². The van der Waals surface area contributed by atoms with Crippen LogP contribution in [0.3, 0.4) is 0 Å². The summed E-state index contributed by atoms with van der Waals surface area (Å²) in [7, 11) is 0. The van der Waals surface area contributed by atoms with Crippen LogP contribution in [-0.4, -0.2) is 48.1 Å². The molecule has 2 fully saturated rings. The Morgan fingerprint density at radius 3 is 2.65 bits per heavy atom. The minimum atomic E-state index is 0.594. The van der Waals surface area contributed by atoms with E-state index in [0.29, 0.717) is 4.75 Å². The Kier molecular flexibility index (Phi) is 5.19. The van der Waals surface area contributed by atoms with Gasteiger partial charge in [-0.2, -0.15) is 11.8 Å². The molecule has 1 saturated heterocycles. The Labute approximate surface area is 111 Å². The zero-order chi connectivity index (χ0) is 12.1. The third kappa shape index (κ3) is 3.62. The number of likely N-dealkylation sites (tertiary alicyclic amines) is 1. The van der Waals surface area contributed by atoms with Crippen LogP contribution in [0.4, 0.5) is 0 Å². The molecule has 1 aliphatic heterocycles. The van der Waals surface area contributed by atoms with Gasteiger partial charge in [-0.25, -0.2) is 0 Å². The van der Waals surface area contributed by atoms with Gasteiger partial charge in [0.05, 0.1) is 0 Å². The van der Waals surface area contributed by atoms with Crippen molar-refractivity contribution in [3.8, 4) is 0 Å². The topological polar surface area (TPSA) is 15.3 Å². The molecule has 1 saturated carbocycles. The first kappa shape index (κ1) is 13.7. The molecule has 2 aliphatic rings. The molecule has 0 aromatic carbocycles. The number of nitrogens with zero attached hydrogens (tertiary/aromatic N) is 1. The van der Waals surface area contributed by atoms with Crippen LogP contribution in [-0.2, 0) is 0 Å². The zero-order valence-electron chi connectivity index (χ0n) is 11.5. The summed E-state index contributed by atoms with van der Waals surface area (Å²) >= 11 is 2.08. The molecule has 2 nitrogen and oxygen atoms in total. The predicted octanol–water partition coefficient (Wildman–Crippen LogP) is 2.74. The second-order valence-corrected chi connectivity index (χ2v) is 6.96. The molecule has 1 heterocycles. The summed E-state index contributed by atoms with van der Waals surface area (Å²) in [6.07, 6.45) is 10.7. The van der Waals surface area contributed by atoms with E-state index in [4.69, 9.17) is 0 Å². The minimum Gasteiger partial charge on any atom is -0.313 e. The Balaban J connectivity index is 1.72. The van der Waals surface area contributed by atoms with Crippen molar-refractivity contribution in [1.29, 1.82) is 0 Å². The van der Waals surface area contributed by atoms with Gasteiger partial charge in [0.1, 0.15) is 0 Å². The van der Waals surface area contributed by atoms with Crippen molar-refractivity contribution in [2.75, 3.05) is 32.4 Å². The van der Waals surface area contributed by atoms with Crippen molar-refractivity contribution < 1.29 is 0 Å². The van der Waals surface area contributed by atoms with Gasteiger partial charge in [-0.1, -0.05) is 13.3 Å². The van der Waals surface area contributed by atoms with Gasteiger partial charge in [-0.15, -0.1) is 0 Å². The summed E-state index contributed by atoms with van der Waals surface area (Å²) in [5, 5.41) is 3.85. The first-order valence-electron chi connectivity index (χ1n) is 7.29. The lowest BCUT2D eigenvalue weighted by Crippen LogP contribution is -2.46. The summed E-state index contributed by atoms with van der Waals surface area (Å²) in [6, 6.07) is 0.774. The quantitative estimate of drug-likeness (QED) is 0.814. The number of nitrogens with one attached hydrogen (secondary N) is 1. The molecule has 2 rings (SSSR count). The van der Waals surface area contributed by atoms with E-state index in [1.165, 1.54) is 64.7 Å². The molecule has 1 atom stereocenters. The van der Waals surface area contributed by atoms with Crippen molar-refractivity contribution in [3.63, 3.8) is 0 Å². The van der Waals surface area contributed by atoms with Gasteiger partial charge >= 0.3 is 0 Å². The third-order valence-electron chi connectivity index (χ3n) is 4.68. The maximum atomic E-state index is 3.85. The molecule has 1 unspecified atom stereocenters. The van der Waals surface area contributed by atoms with Crippen LogP contribution >= 0.6 is 11.8 Å². The Morgan fingerprint density at radius 2 is 2.06 bits per heavy atom. The summed E-state index contributed by atoms with van der Waals surface area (Å²) in [4.78, 5) is 2.59. The van der Waals surface area contributed by atoms with Crippen LogP contribution in [0, 0.1) is 0 Å². The molecule has 0 radical (unpaired) electrons. The van der Waals surface area contributed by atoms with Crippen LogP contribution in [0.15, 0.2) is 0 Å². The van der Waals surface area contributed by atoms with Crippen LogP contribution < -0.4 is 5.32 Å². The van der Waals surface area contributed by atoms with Gasteiger partial charge in [0, 0.05) is 17.3 Å². The van der Waals surface area contributed by atoms with Crippen molar-refractivity contribution in [2.45, 2.75) is 56.2 Å². The van der Waals surface area contributed by atoms with Crippen molar-refractivity contribution in [3.05, 3.63) is 0 Å². The second-order valence-electron chi connectivity index (χ2n) is 5.68. The van der Waals surface area contributed by atoms with E-state index in [1.54, 1.807) is 0 Å². The molecule has 0 spiro atoms. The number of rotatable bonds is 5. The second kappa shape index (κ2) is 6.44. The largest absolute Gasteiger partial charge is 0.313 e. The van der Waals surface area contributed by atoms with Gasteiger partial charge in [0.2, 0.25) is 0 Å². The summed E-state index contributed by atoms with van der Waals surface area (Å²) < 4.78 is 0.594. The molecular formula is C14H28N2S. The first-order valence-corrected chi connectivity index (χ1v) is 8.51. The fourth-order valence-electron chi connectivity index (χ4n) is 3.03. The number of thioether (sulfide) groups is 1. The van der Waals surface area contributed by atoms with E-state index in [-0.39, 0.29) is 0 Å². The molecule has 1 N–H and O–H groups in total. The van der Waals surface area contributed by atoms with E-state index >= 15 is 0 Å². The lowest BCUT2D eigenvalue weighted by atomic mass is 9.84. The Bertz CT molecular complexity index is 223. The van der Waals surface area contributed by atoms with E-state index in [2.05, 4.69) is 35.2 Å². The average Bonchev–Trinajstić information content (AvgIpc) is 2.53. The highest BCUT2D eigenvalue weighted by atomic mass is 32.2. The monoisotopic (exact) mass is 256 g/mol. The maximum Gasteiger partial charge on any atom is 0.0281 e. The molecule has 17 heavy (non-hydrogen) atoms. The SMILES string of the molecule is CCN1CCCC(NCC2(SC)CCC2)CC1. The summed E-state index contributed by atoms with van der Waals surface area (Å²) in [5.74, 6) is 0. The smallest absolute Gasteiger partial charge is 0.0281 e. The Morgan fingerprint density at radius 1 is 1.24 bits per heavy atom. The van der Waals surface area contributed by atoms with E-state index < -0.39 is 0 Å². The lowest BCUT2D eigenvalue weighted by Gasteiger charge is -2.41. The van der Waals surface area contributed by atoms with E-state index in [9.17, 15) is 0 Å². The van der Waals surface area contributed by atoms with Crippen LogP contribution in [0.5, 0.6) is 0 Å². The minimum absolute atomic E-state index is 0.594. The maximum absolute atomic E-state index is 3.85. The van der Waals surface area contributed by atoms with Gasteiger partial charge in [-0.05, 0) is 58.0 Å². The van der Waals surface area contributed by atoms with Gasteiger partial charge in [0.15, 0.2) is 0 Å². The molecule has 0 aromatic heterocycles. The lowest BCUT2D eigenvalue weighted by molar-refractivity contribution is 0.291. The fourth-order valence-corrected chi connectivity index (χ4v) is 3.96. The highest BCUT2D eigenvalue weighted by Crippen LogP contribution is 2.42. The Hall–Kier alpha value is 0.270. The number of hydrogen-bond donors (Lipinski definition) is 1. The van der Waals surface area contributed by atoms with E-state index in [0.717, 1.165) is 6.04 Å². The molecule has 100 valence electrons. The van der Waals surface area contributed by atoms with Crippen molar-refractivity contribution in [1.82, 2.24) is 10.2 Å². The molecule has 1 aliphatic carbocycles. The van der Waals surface area contributed by atoms with Gasteiger partial charge in [-0.3, -0.25) is 0 Å². The molecule has 0 amide bonds. The van der Waals surface area contributed by atoms with E-state index in [1.807, 2.05) is 0 Å². The molecular weight excluding hydrogens is 228 g/mol. The van der Waals surface area contributed by atoms with Gasteiger partial charge in [0.25, 0.3) is 0 Å². The highest BCUT2D eigenvalue weighted by Gasteiger charge is 2.36. The van der Waals surface area contributed by atoms with Crippen molar-refractivity contribution >= 4 is 11.8 Å². The third-order valence-corrected chi connectivity index (χ3v) is 6.10. The highest BCUT2D eigenvalue weighted by molar-refractivity contribution is 8.00. The first-order chi connectivity index (χ1) is 8.28. The van der Waals surface area contributed by atoms with Crippen LogP contribution in [0.25, 0.3) is 0 Å². The summed E-state index contributed by atoms with van der Waals surface area (Å²) in [5.41, 5.74) is 0. The summed E-state index contributed by atoms with van der Waals surface area (Å²) in [6.45, 7) is 7.35. The predicted molar refractivity (Wildman–Crippen MR) is 77.9 cm³/mol. The standard InChI is InChI=1S/C14H28N2S/c1-3-16-10-4-6-13(7-11-16)15-12-14(17-2)8-5-9-14/h13,15H,3-12H2,1-2H3. The van der Waals surface area contributed by atoms with Crippen molar-refractivity contribution in [2.24, 2.45) is 0 Å². The zero-order valence-corrected chi connectivity index (χ0v) is 12.3. The molecule has 3 heteroatoms. The molecule has 0 bridgehead atoms.